The molecule has 0 aliphatic rings. The fourth-order valence-electron chi connectivity index (χ4n) is 3.16. The third-order valence-corrected chi connectivity index (χ3v) is 4.90. The molecule has 0 saturated heterocycles. The van der Waals surface area contributed by atoms with Gasteiger partial charge in [0.25, 0.3) is 5.56 Å². The van der Waals surface area contributed by atoms with Crippen LogP contribution in [0.5, 0.6) is 0 Å². The molecule has 172 valence electrons. The second-order valence-corrected chi connectivity index (χ2v) is 7.87. The molecule has 0 spiro atoms. The average molecular weight is 470 g/mol. The minimum atomic E-state index is -0.621. The number of nitrogens with zero attached hydrogens (tertiary/aromatic N) is 2. The van der Waals surface area contributed by atoms with E-state index in [2.05, 4.69) is 10.3 Å². The van der Waals surface area contributed by atoms with E-state index in [0.717, 1.165) is 5.56 Å². The highest BCUT2D eigenvalue weighted by Crippen LogP contribution is 2.27. The summed E-state index contributed by atoms with van der Waals surface area (Å²) in [6.45, 7) is 3.37. The molecule has 0 atom stereocenters. The van der Waals surface area contributed by atoms with Gasteiger partial charge in [-0.2, -0.15) is 0 Å². The van der Waals surface area contributed by atoms with Gasteiger partial charge < -0.3 is 14.8 Å². The summed E-state index contributed by atoms with van der Waals surface area (Å²) in [5.41, 5.74) is 1.17. The second kappa shape index (κ2) is 10.8. The number of ether oxygens (including phenoxy) is 2. The van der Waals surface area contributed by atoms with Gasteiger partial charge in [0, 0.05) is 11.6 Å². The van der Waals surface area contributed by atoms with Crippen LogP contribution in [0.15, 0.2) is 59.4 Å². The number of halogens is 1. The van der Waals surface area contributed by atoms with Gasteiger partial charge in [-0.1, -0.05) is 54.1 Å². The maximum Gasteiger partial charge on any atom is 0.337 e. The number of nitrogens with one attached hydrogen (secondary N) is 1. The number of esters is 2. The van der Waals surface area contributed by atoms with Gasteiger partial charge in [-0.05, 0) is 31.5 Å². The van der Waals surface area contributed by atoms with E-state index in [1.807, 2.05) is 44.2 Å². The predicted octanol–water partition coefficient (Wildman–Crippen LogP) is 3.91. The lowest BCUT2D eigenvalue weighted by molar-refractivity contribution is -0.145. The number of methoxy groups -OCH3 is 1. The van der Waals surface area contributed by atoms with Crippen LogP contribution in [-0.4, -0.2) is 34.6 Å². The Hall–Kier alpha value is -3.65. The molecule has 0 unspecified atom stereocenters. The molecule has 0 aliphatic carbocycles. The zero-order valence-electron chi connectivity index (χ0n) is 18.5. The number of carbonyl (C=O) groups is 2. The highest BCUT2D eigenvalue weighted by atomic mass is 35.5. The summed E-state index contributed by atoms with van der Waals surface area (Å²) < 4.78 is 11.3. The molecule has 1 aromatic heterocycles. The number of benzene rings is 2. The SMILES string of the molecule is COC(=O)c1cccc(-c2c(Cl)nc(NC(C)C)c(=O)n2CC(=O)OCc2ccccc2)c1. The molecule has 0 bridgehead atoms. The van der Waals surface area contributed by atoms with E-state index in [1.54, 1.807) is 18.2 Å². The van der Waals surface area contributed by atoms with E-state index < -0.39 is 24.0 Å². The lowest BCUT2D eigenvalue weighted by Crippen LogP contribution is -2.31. The van der Waals surface area contributed by atoms with E-state index in [4.69, 9.17) is 21.1 Å². The van der Waals surface area contributed by atoms with Crippen LogP contribution in [0.2, 0.25) is 5.15 Å². The van der Waals surface area contributed by atoms with Gasteiger partial charge in [-0.15, -0.1) is 0 Å². The summed E-state index contributed by atoms with van der Waals surface area (Å²) in [6, 6.07) is 15.5. The minimum absolute atomic E-state index is 0.00405. The first kappa shape index (κ1) is 24.0. The molecule has 0 aliphatic heterocycles. The van der Waals surface area contributed by atoms with Crippen LogP contribution in [0, 0.1) is 0 Å². The normalized spacial score (nSPS) is 10.7. The molecule has 3 rings (SSSR count). The van der Waals surface area contributed by atoms with E-state index in [1.165, 1.54) is 17.7 Å². The van der Waals surface area contributed by atoms with Crippen LogP contribution >= 0.6 is 11.6 Å². The maximum absolute atomic E-state index is 13.2. The van der Waals surface area contributed by atoms with E-state index in [-0.39, 0.29) is 34.9 Å². The zero-order chi connectivity index (χ0) is 24.0. The van der Waals surface area contributed by atoms with Crippen molar-refractivity contribution in [1.82, 2.24) is 9.55 Å². The van der Waals surface area contributed by atoms with Crippen molar-refractivity contribution >= 4 is 29.4 Å². The molecule has 0 radical (unpaired) electrons. The Balaban J connectivity index is 2.02. The first-order valence-corrected chi connectivity index (χ1v) is 10.6. The summed E-state index contributed by atoms with van der Waals surface area (Å²) in [5.74, 6) is -1.15. The molecule has 33 heavy (non-hydrogen) atoms. The Morgan fingerprint density at radius 3 is 2.52 bits per heavy atom. The minimum Gasteiger partial charge on any atom is -0.465 e. The standard InChI is InChI=1S/C24H24ClN3O5/c1-15(2)26-22-23(30)28(13-19(29)33-14-16-8-5-4-6-9-16)20(21(25)27-22)17-10-7-11-18(12-17)24(31)32-3/h4-12,15H,13-14H2,1-3H3,(H,26,27). The van der Waals surface area contributed by atoms with Gasteiger partial charge in [0.15, 0.2) is 11.0 Å². The van der Waals surface area contributed by atoms with Crippen LogP contribution in [-0.2, 0) is 27.4 Å². The van der Waals surface area contributed by atoms with Crippen molar-refractivity contribution in [2.75, 3.05) is 12.4 Å². The number of hydrogen-bond acceptors (Lipinski definition) is 7. The number of rotatable bonds is 8. The smallest absolute Gasteiger partial charge is 0.337 e. The van der Waals surface area contributed by atoms with Crippen LogP contribution < -0.4 is 10.9 Å². The molecule has 1 heterocycles. The monoisotopic (exact) mass is 469 g/mol. The molecular formula is C24H24ClN3O5. The van der Waals surface area contributed by atoms with Crippen molar-refractivity contribution in [3.63, 3.8) is 0 Å². The fourth-order valence-corrected chi connectivity index (χ4v) is 3.45. The predicted molar refractivity (Wildman–Crippen MR) is 125 cm³/mol. The molecule has 0 fully saturated rings. The molecule has 0 saturated carbocycles. The van der Waals surface area contributed by atoms with Gasteiger partial charge in [0.2, 0.25) is 0 Å². The van der Waals surface area contributed by atoms with Crippen molar-refractivity contribution in [2.24, 2.45) is 0 Å². The van der Waals surface area contributed by atoms with Gasteiger partial charge in [-0.25, -0.2) is 9.78 Å². The molecule has 8 nitrogen and oxygen atoms in total. The summed E-state index contributed by atoms with van der Waals surface area (Å²) >= 11 is 6.47. The van der Waals surface area contributed by atoms with E-state index >= 15 is 0 Å². The zero-order valence-corrected chi connectivity index (χ0v) is 19.3. The van der Waals surface area contributed by atoms with Gasteiger partial charge in [0.05, 0.1) is 18.4 Å². The third kappa shape index (κ3) is 5.98. The fraction of sp³-hybridized carbons (Fsp3) is 0.250. The lowest BCUT2D eigenvalue weighted by Gasteiger charge is -2.17. The van der Waals surface area contributed by atoms with Gasteiger partial charge in [0.1, 0.15) is 13.2 Å². The topological polar surface area (TPSA) is 99.5 Å². The largest absolute Gasteiger partial charge is 0.465 e. The summed E-state index contributed by atoms with van der Waals surface area (Å²) in [6.07, 6.45) is 0. The van der Waals surface area contributed by atoms with Gasteiger partial charge >= 0.3 is 11.9 Å². The summed E-state index contributed by atoms with van der Waals surface area (Å²) in [5, 5.41) is 2.94. The molecule has 3 aromatic rings. The summed E-state index contributed by atoms with van der Waals surface area (Å²) in [4.78, 5) is 42.0. The average Bonchev–Trinajstić information content (AvgIpc) is 2.80. The van der Waals surface area contributed by atoms with Crippen LogP contribution in [0.4, 0.5) is 5.82 Å². The summed E-state index contributed by atoms with van der Waals surface area (Å²) in [7, 11) is 1.27. The van der Waals surface area contributed by atoms with Gasteiger partial charge in [-0.3, -0.25) is 14.2 Å². The Kier molecular flexibility index (Phi) is 7.84. The highest BCUT2D eigenvalue weighted by molar-refractivity contribution is 6.32. The Morgan fingerprint density at radius 2 is 1.85 bits per heavy atom. The molecular weight excluding hydrogens is 446 g/mol. The number of aromatic nitrogens is 2. The Bertz CT molecular complexity index is 1210. The Morgan fingerprint density at radius 1 is 1.12 bits per heavy atom. The number of carbonyl (C=O) groups excluding carboxylic acids is 2. The van der Waals surface area contributed by atoms with E-state index in [9.17, 15) is 14.4 Å². The number of anilines is 1. The number of hydrogen-bond donors (Lipinski definition) is 1. The molecule has 2 aromatic carbocycles. The van der Waals surface area contributed by atoms with Crippen LogP contribution in [0.3, 0.4) is 0 Å². The Labute approximate surface area is 196 Å². The molecule has 1 N–H and O–H groups in total. The van der Waals surface area contributed by atoms with Crippen molar-refractivity contribution in [1.29, 1.82) is 0 Å². The van der Waals surface area contributed by atoms with Crippen LogP contribution in [0.25, 0.3) is 11.3 Å². The first-order valence-electron chi connectivity index (χ1n) is 10.2. The van der Waals surface area contributed by atoms with E-state index in [0.29, 0.717) is 5.56 Å². The van der Waals surface area contributed by atoms with Crippen molar-refractivity contribution in [3.05, 3.63) is 81.2 Å². The quantitative estimate of drug-likeness (QED) is 0.499. The molecule has 0 amide bonds. The lowest BCUT2D eigenvalue weighted by atomic mass is 10.1. The molecule has 9 heteroatoms. The first-order chi connectivity index (χ1) is 15.8. The third-order valence-electron chi connectivity index (χ3n) is 4.64. The second-order valence-electron chi connectivity index (χ2n) is 7.51. The van der Waals surface area contributed by atoms with Crippen molar-refractivity contribution < 1.29 is 19.1 Å². The van der Waals surface area contributed by atoms with Crippen molar-refractivity contribution in [3.8, 4) is 11.3 Å². The van der Waals surface area contributed by atoms with Crippen molar-refractivity contribution in [2.45, 2.75) is 33.0 Å². The maximum atomic E-state index is 13.2. The highest BCUT2D eigenvalue weighted by Gasteiger charge is 2.21. The van der Waals surface area contributed by atoms with Crippen LogP contribution in [0.1, 0.15) is 29.8 Å².